The van der Waals surface area contributed by atoms with Gasteiger partial charge in [0.05, 0.1) is 0 Å². The van der Waals surface area contributed by atoms with E-state index in [1.165, 1.54) is 0 Å². The van der Waals surface area contributed by atoms with Crippen LogP contribution in [0.25, 0.3) is 0 Å². The summed E-state index contributed by atoms with van der Waals surface area (Å²) in [6.07, 6.45) is 0. The van der Waals surface area contributed by atoms with Crippen LogP contribution >= 0.6 is 0 Å². The molecule has 0 unspecified atom stereocenters. The van der Waals surface area contributed by atoms with Crippen molar-refractivity contribution in [2.45, 2.75) is 0 Å². The van der Waals surface area contributed by atoms with E-state index in [2.05, 4.69) is 5.14 Å². The van der Waals surface area contributed by atoms with E-state index in [-0.39, 0.29) is 33.9 Å². The zero-order valence-electron chi connectivity index (χ0n) is 2.57. The molecular weight excluding hydrogens is 180 g/mol. The molecule has 0 aliphatic rings. The molecule has 3 N–H and O–H groups in total. The largest absolute Gasteiger partial charge is 0.330 e. The monoisotopic (exact) mass is 185 g/mol. The van der Waals surface area contributed by atoms with Crippen LogP contribution in [0.4, 0.5) is 0 Å². The second kappa shape index (κ2) is 5.04. The third-order valence-corrected chi connectivity index (χ3v) is 0. The van der Waals surface area contributed by atoms with Gasteiger partial charge in [0.2, 0.25) is 0 Å². The van der Waals surface area contributed by atoms with Gasteiger partial charge in [-0.25, -0.2) is 5.14 Å². The number of hydrogen-bond acceptors (Lipinski definition) is 2. The summed E-state index contributed by atoms with van der Waals surface area (Å²) in [6, 6.07) is 0. The van der Waals surface area contributed by atoms with Gasteiger partial charge >= 0.3 is 10.3 Å². The van der Waals surface area contributed by atoms with Crippen molar-refractivity contribution in [2.75, 3.05) is 0 Å². The van der Waals surface area contributed by atoms with E-state index in [4.69, 9.17) is 13.0 Å². The molecule has 0 rings (SSSR count). The zero-order chi connectivity index (χ0) is 4.50. The Hall–Kier alpha value is 0.896. The van der Waals surface area contributed by atoms with Crippen molar-refractivity contribution < 1.29 is 29.5 Å². The van der Waals surface area contributed by atoms with Crippen LogP contribution in [0.15, 0.2) is 0 Å². The molecule has 48 valence electrons. The Kier molecular flexibility index (Phi) is 11.3. The van der Waals surface area contributed by atoms with Crippen LogP contribution in [0, 0.1) is 0 Å². The van der Waals surface area contributed by atoms with Gasteiger partial charge in [0.25, 0.3) is 0 Å². The van der Waals surface area contributed by atoms with Crippen LogP contribution in [0.2, 0.25) is 0 Å². The van der Waals surface area contributed by atoms with Gasteiger partial charge in [-0.2, -0.15) is 8.42 Å². The third kappa shape index (κ3) is 206. The first-order valence-electron chi connectivity index (χ1n) is 0.752. The maximum Gasteiger partial charge on any atom is 0.330 e. The molecule has 7 heteroatoms. The van der Waals surface area contributed by atoms with Gasteiger partial charge in [-0.15, -0.1) is 0 Å². The number of rotatable bonds is 0. The summed E-state index contributed by atoms with van der Waals surface area (Å²) in [5, 5.41) is 3.88. The minimum atomic E-state index is -4.17. The van der Waals surface area contributed by atoms with Gasteiger partial charge in [-0.3, -0.25) is 4.55 Å². The molecule has 0 aromatic rings. The van der Waals surface area contributed by atoms with Crippen LogP contribution in [0.1, 0.15) is 0 Å². The molecule has 0 bridgehead atoms. The molecule has 0 atom stereocenters. The molecule has 0 amide bonds. The van der Waals surface area contributed by atoms with Crippen molar-refractivity contribution in [3.8, 4) is 0 Å². The van der Waals surface area contributed by atoms with E-state index in [1.54, 1.807) is 0 Å². The zero-order valence-corrected chi connectivity index (χ0v) is 4.37. The summed E-state index contributed by atoms with van der Waals surface area (Å²) in [5.41, 5.74) is 0. The topological polar surface area (TPSA) is 80.4 Å². The Bertz CT molecular complexity index is 98.1. The standard InChI is InChI=1S/Al.H3NO3S.Ni.3H/c;1-5(2,3)4;;;;/h;(H3,1,2,3,4);;;;. The Balaban J connectivity index is -0.0000000800. The second-order valence-corrected chi connectivity index (χ2v) is 1.54. The summed E-state index contributed by atoms with van der Waals surface area (Å²) in [7, 11) is -4.17. The molecule has 4 nitrogen and oxygen atoms in total. The van der Waals surface area contributed by atoms with Crippen LogP contribution in [-0.2, 0) is 26.8 Å². The molecule has 0 spiro atoms. The summed E-state index contributed by atoms with van der Waals surface area (Å²) < 4.78 is 25.2. The van der Waals surface area contributed by atoms with Crippen molar-refractivity contribution >= 4 is 27.7 Å². The molecule has 0 radical (unpaired) electrons. The molecule has 0 heterocycles. The molecular formula is H6AlNNiO3S. The fraction of sp³-hybridized carbons (Fsp3) is 0. The van der Waals surface area contributed by atoms with Crippen molar-refractivity contribution in [2.24, 2.45) is 5.14 Å². The van der Waals surface area contributed by atoms with Gasteiger partial charge in [0, 0.05) is 16.5 Å². The maximum absolute atomic E-state index is 8.97. The van der Waals surface area contributed by atoms with Crippen LogP contribution in [0.3, 0.4) is 0 Å². The van der Waals surface area contributed by atoms with E-state index >= 15 is 0 Å². The second-order valence-electron chi connectivity index (χ2n) is 0.515. The maximum atomic E-state index is 8.97. The molecule has 0 aromatic carbocycles. The van der Waals surface area contributed by atoms with Crippen LogP contribution in [0.5, 0.6) is 0 Å². The van der Waals surface area contributed by atoms with Gasteiger partial charge < -0.3 is 0 Å². The van der Waals surface area contributed by atoms with Crippen LogP contribution < -0.4 is 5.14 Å². The van der Waals surface area contributed by atoms with E-state index in [0.717, 1.165) is 0 Å². The summed E-state index contributed by atoms with van der Waals surface area (Å²) in [6.45, 7) is 0. The average Bonchev–Trinajstić information content (AvgIpc) is 0.722. The average molecular weight is 186 g/mol. The van der Waals surface area contributed by atoms with Gasteiger partial charge in [-0.05, 0) is 0 Å². The molecule has 0 aliphatic heterocycles. The summed E-state index contributed by atoms with van der Waals surface area (Å²) in [4.78, 5) is 0. The summed E-state index contributed by atoms with van der Waals surface area (Å²) in [5.74, 6) is 0. The summed E-state index contributed by atoms with van der Waals surface area (Å²) >= 11 is 0. The van der Waals surface area contributed by atoms with E-state index < -0.39 is 10.3 Å². The number of hydrogen-bond donors (Lipinski definition) is 2. The molecule has 0 saturated carbocycles. The smallest absolute Gasteiger partial charge is 0.274 e. The minimum Gasteiger partial charge on any atom is -0.274 e. The van der Waals surface area contributed by atoms with Crippen molar-refractivity contribution in [1.82, 2.24) is 0 Å². The van der Waals surface area contributed by atoms with Gasteiger partial charge in [0.1, 0.15) is 0 Å². The third-order valence-electron chi connectivity index (χ3n) is 0. The van der Waals surface area contributed by atoms with Gasteiger partial charge in [-0.1, -0.05) is 0 Å². The molecule has 0 fully saturated rings. The van der Waals surface area contributed by atoms with Crippen molar-refractivity contribution in [1.29, 1.82) is 0 Å². The first-order valence-corrected chi connectivity index (χ1v) is 2.25. The Morgan fingerprint density at radius 3 is 1.43 bits per heavy atom. The molecule has 0 aromatic heterocycles. The van der Waals surface area contributed by atoms with E-state index in [1.807, 2.05) is 0 Å². The Labute approximate surface area is 62.4 Å². The van der Waals surface area contributed by atoms with Crippen molar-refractivity contribution in [3.63, 3.8) is 0 Å². The quantitative estimate of drug-likeness (QED) is 0.325. The molecule has 7 heavy (non-hydrogen) atoms. The van der Waals surface area contributed by atoms with Gasteiger partial charge in [0.15, 0.2) is 17.4 Å². The molecule has 0 aliphatic carbocycles. The van der Waals surface area contributed by atoms with Crippen LogP contribution in [-0.4, -0.2) is 30.3 Å². The fourth-order valence-corrected chi connectivity index (χ4v) is 0. The first kappa shape index (κ1) is 15.7. The Morgan fingerprint density at radius 1 is 1.43 bits per heavy atom. The van der Waals surface area contributed by atoms with E-state index in [0.29, 0.717) is 0 Å². The Morgan fingerprint density at radius 2 is 1.43 bits per heavy atom. The normalized spacial score (nSPS) is 8.29. The predicted octanol–water partition coefficient (Wildman–Crippen LogP) is -2.44. The van der Waals surface area contributed by atoms with Crippen molar-refractivity contribution in [3.05, 3.63) is 0 Å². The fourth-order valence-electron chi connectivity index (χ4n) is 0. The predicted molar refractivity (Wildman–Crippen MR) is 25.7 cm³/mol. The number of nitrogens with two attached hydrogens (primary N) is 1. The SMILES string of the molecule is NS(=O)(=O)O.[AlH3].[Ni]. The first-order chi connectivity index (χ1) is 2.00. The minimum absolute atomic E-state index is 0. The van der Waals surface area contributed by atoms with E-state index in [9.17, 15) is 0 Å². The molecule has 0 saturated heterocycles.